The first-order chi connectivity index (χ1) is 13.8. The fraction of sp³-hybridized carbons (Fsp3) is 0.429. The highest BCUT2D eigenvalue weighted by Crippen LogP contribution is 2.33. The van der Waals surface area contributed by atoms with Crippen molar-refractivity contribution in [2.75, 3.05) is 25.0 Å². The fourth-order valence-electron chi connectivity index (χ4n) is 4.18. The van der Waals surface area contributed by atoms with Crippen molar-refractivity contribution in [3.8, 4) is 0 Å². The summed E-state index contributed by atoms with van der Waals surface area (Å²) in [6.45, 7) is 8.09. The number of piperidine rings is 1. The Morgan fingerprint density at radius 3 is 2.55 bits per heavy atom. The summed E-state index contributed by atoms with van der Waals surface area (Å²) in [6.07, 6.45) is 4.56. The van der Waals surface area contributed by atoms with Crippen LogP contribution in [-0.4, -0.2) is 44.6 Å². The van der Waals surface area contributed by atoms with Crippen molar-refractivity contribution in [3.05, 3.63) is 44.7 Å². The van der Waals surface area contributed by atoms with E-state index >= 15 is 0 Å². The highest BCUT2D eigenvalue weighted by atomic mass is 32.2. The topological polar surface area (TPSA) is 57.9 Å². The molecule has 0 unspecified atom stereocenters. The predicted octanol–water partition coefficient (Wildman–Crippen LogP) is 3.32. The van der Waals surface area contributed by atoms with Crippen LogP contribution < -0.4 is 10.5 Å². The van der Waals surface area contributed by atoms with Crippen LogP contribution in [0.2, 0.25) is 0 Å². The molecule has 0 N–H and O–H groups in total. The summed E-state index contributed by atoms with van der Waals surface area (Å²) in [5.74, 6) is 1.50. The standard InChI is InChI=1S/C21H24N4O2S2/c1-12-8-13(2)11-24(10-12)18-15(9-16-20(27)23(4)21(28)29-16)19(26)25-7-5-6-14(3)17(25)22-18/h5-7,9,12-13H,8,10-11H2,1-4H3/b16-9-/t12-,13+. The lowest BCUT2D eigenvalue weighted by atomic mass is 9.91. The molecule has 2 aliphatic rings. The number of fused-ring (bicyclic) bond motifs is 1. The number of aromatic nitrogens is 2. The summed E-state index contributed by atoms with van der Waals surface area (Å²) in [6, 6.07) is 3.79. The van der Waals surface area contributed by atoms with Gasteiger partial charge >= 0.3 is 0 Å². The summed E-state index contributed by atoms with van der Waals surface area (Å²) < 4.78 is 2.06. The Kier molecular flexibility index (Phi) is 5.25. The van der Waals surface area contributed by atoms with Gasteiger partial charge in [-0.15, -0.1) is 0 Å². The number of aryl methyl sites for hydroxylation is 1. The monoisotopic (exact) mass is 428 g/mol. The molecule has 4 rings (SSSR count). The molecule has 4 heterocycles. The number of nitrogens with zero attached hydrogens (tertiary/aromatic N) is 4. The summed E-state index contributed by atoms with van der Waals surface area (Å²) in [7, 11) is 1.66. The number of pyridine rings is 1. The van der Waals surface area contributed by atoms with Gasteiger partial charge in [0.15, 0.2) is 0 Å². The highest BCUT2D eigenvalue weighted by Gasteiger charge is 2.31. The molecule has 1 amide bonds. The second-order valence-electron chi connectivity index (χ2n) is 8.13. The normalized spacial score (nSPS) is 24.2. The van der Waals surface area contributed by atoms with E-state index in [2.05, 4.69) is 18.7 Å². The number of likely N-dealkylation sites (N-methyl/N-ethyl adjacent to an activating group) is 1. The van der Waals surface area contributed by atoms with E-state index in [4.69, 9.17) is 17.2 Å². The number of hydrogen-bond acceptors (Lipinski definition) is 6. The Hall–Kier alpha value is -2.19. The third kappa shape index (κ3) is 3.59. The molecule has 152 valence electrons. The van der Waals surface area contributed by atoms with Gasteiger partial charge in [0, 0.05) is 26.3 Å². The molecule has 0 bridgehead atoms. The first-order valence-electron chi connectivity index (χ1n) is 9.74. The van der Waals surface area contributed by atoms with Gasteiger partial charge in [-0.1, -0.05) is 43.9 Å². The average Bonchev–Trinajstić information content (AvgIpc) is 2.90. The third-order valence-corrected chi connectivity index (χ3v) is 6.98. The third-order valence-electron chi connectivity index (χ3n) is 5.49. The van der Waals surface area contributed by atoms with E-state index in [1.165, 1.54) is 16.7 Å². The molecule has 2 fully saturated rings. The smallest absolute Gasteiger partial charge is 0.267 e. The van der Waals surface area contributed by atoms with E-state index in [1.807, 2.05) is 19.1 Å². The molecule has 2 saturated heterocycles. The van der Waals surface area contributed by atoms with E-state index < -0.39 is 0 Å². The molecule has 0 saturated carbocycles. The van der Waals surface area contributed by atoms with Gasteiger partial charge in [0.25, 0.3) is 11.5 Å². The van der Waals surface area contributed by atoms with Gasteiger partial charge in [-0.25, -0.2) is 4.98 Å². The van der Waals surface area contributed by atoms with Gasteiger partial charge in [-0.3, -0.25) is 18.9 Å². The van der Waals surface area contributed by atoms with Crippen LogP contribution in [0.25, 0.3) is 11.7 Å². The van der Waals surface area contributed by atoms with E-state index in [9.17, 15) is 9.59 Å². The zero-order chi connectivity index (χ0) is 20.9. The van der Waals surface area contributed by atoms with Crippen molar-refractivity contribution in [2.45, 2.75) is 27.2 Å². The Bertz CT molecular complexity index is 1100. The molecule has 2 aliphatic heterocycles. The van der Waals surface area contributed by atoms with Gasteiger partial charge in [-0.05, 0) is 42.9 Å². The lowest BCUT2D eigenvalue weighted by Gasteiger charge is -2.36. The van der Waals surface area contributed by atoms with Crippen LogP contribution in [0.3, 0.4) is 0 Å². The van der Waals surface area contributed by atoms with Gasteiger partial charge in [0.1, 0.15) is 15.8 Å². The van der Waals surface area contributed by atoms with Crippen molar-refractivity contribution in [1.29, 1.82) is 0 Å². The molecule has 0 radical (unpaired) electrons. The maximum absolute atomic E-state index is 13.4. The van der Waals surface area contributed by atoms with E-state index in [-0.39, 0.29) is 11.5 Å². The minimum absolute atomic E-state index is 0.166. The van der Waals surface area contributed by atoms with Crippen LogP contribution in [-0.2, 0) is 4.79 Å². The molecule has 0 aliphatic carbocycles. The number of carbonyl (C=O) groups is 1. The summed E-state index contributed by atoms with van der Waals surface area (Å²) >= 11 is 6.47. The van der Waals surface area contributed by atoms with Gasteiger partial charge in [0.2, 0.25) is 0 Å². The number of amides is 1. The number of hydrogen-bond donors (Lipinski definition) is 0. The van der Waals surface area contributed by atoms with E-state index in [0.29, 0.717) is 38.1 Å². The molecule has 2 aromatic heterocycles. The molecule has 8 heteroatoms. The van der Waals surface area contributed by atoms with Crippen LogP contribution in [0.15, 0.2) is 28.0 Å². The molecule has 0 spiro atoms. The van der Waals surface area contributed by atoms with Crippen molar-refractivity contribution in [3.63, 3.8) is 0 Å². The zero-order valence-corrected chi connectivity index (χ0v) is 18.6. The highest BCUT2D eigenvalue weighted by molar-refractivity contribution is 8.26. The average molecular weight is 429 g/mol. The molecule has 6 nitrogen and oxygen atoms in total. The van der Waals surface area contributed by atoms with Crippen LogP contribution >= 0.6 is 24.0 Å². The second kappa shape index (κ2) is 7.57. The van der Waals surface area contributed by atoms with E-state index in [1.54, 1.807) is 23.7 Å². The number of thiocarbonyl (C=S) groups is 1. The van der Waals surface area contributed by atoms with Crippen molar-refractivity contribution in [1.82, 2.24) is 14.3 Å². The van der Waals surface area contributed by atoms with Gasteiger partial charge in [0.05, 0.1) is 10.5 Å². The van der Waals surface area contributed by atoms with Crippen molar-refractivity contribution >= 4 is 51.7 Å². The number of rotatable bonds is 2. The van der Waals surface area contributed by atoms with E-state index in [0.717, 1.165) is 25.1 Å². The summed E-state index contributed by atoms with van der Waals surface area (Å²) in [5, 5.41) is 0. The largest absolute Gasteiger partial charge is 0.355 e. The van der Waals surface area contributed by atoms with Gasteiger partial charge in [-0.2, -0.15) is 0 Å². The molecular weight excluding hydrogens is 404 g/mol. The molecule has 0 aromatic carbocycles. The maximum Gasteiger partial charge on any atom is 0.267 e. The summed E-state index contributed by atoms with van der Waals surface area (Å²) in [5.41, 5.74) is 1.87. The molecular formula is C21H24N4O2S2. The Morgan fingerprint density at radius 1 is 1.24 bits per heavy atom. The minimum atomic E-state index is -0.180. The molecule has 2 aromatic rings. The molecule has 2 atom stereocenters. The second-order valence-corrected chi connectivity index (χ2v) is 9.81. The van der Waals surface area contributed by atoms with Crippen LogP contribution in [0, 0.1) is 18.8 Å². The Balaban J connectivity index is 1.94. The zero-order valence-electron chi connectivity index (χ0n) is 17.0. The number of carbonyl (C=O) groups excluding carboxylic acids is 1. The number of thioether (sulfide) groups is 1. The van der Waals surface area contributed by atoms with Crippen LogP contribution in [0.5, 0.6) is 0 Å². The quantitative estimate of drug-likeness (QED) is 0.540. The van der Waals surface area contributed by atoms with Crippen molar-refractivity contribution < 1.29 is 4.79 Å². The van der Waals surface area contributed by atoms with Crippen LogP contribution in [0.1, 0.15) is 31.4 Å². The van der Waals surface area contributed by atoms with Crippen LogP contribution in [0.4, 0.5) is 5.82 Å². The predicted molar refractivity (Wildman–Crippen MR) is 122 cm³/mol. The van der Waals surface area contributed by atoms with Crippen molar-refractivity contribution in [2.24, 2.45) is 11.8 Å². The van der Waals surface area contributed by atoms with Gasteiger partial charge < -0.3 is 4.90 Å². The summed E-state index contributed by atoms with van der Waals surface area (Å²) in [4.78, 5) is 35.0. The SMILES string of the molecule is Cc1cccn2c(=O)c(/C=C3\SC(=S)N(C)C3=O)c(N3C[C@H](C)C[C@H](C)C3)nc12. The molecule has 29 heavy (non-hydrogen) atoms. The Morgan fingerprint density at radius 2 is 1.93 bits per heavy atom. The lowest BCUT2D eigenvalue weighted by molar-refractivity contribution is -0.121. The maximum atomic E-state index is 13.4. The first-order valence-corrected chi connectivity index (χ1v) is 11.0. The Labute approximate surface area is 179 Å². The lowest BCUT2D eigenvalue weighted by Crippen LogP contribution is -2.40. The minimum Gasteiger partial charge on any atom is -0.355 e. The first kappa shape index (κ1) is 20.1. The number of anilines is 1. The fourth-order valence-corrected chi connectivity index (χ4v) is 5.34.